The van der Waals surface area contributed by atoms with E-state index in [1.54, 1.807) is 24.4 Å². The van der Waals surface area contributed by atoms with Crippen molar-refractivity contribution < 1.29 is 9.18 Å². The number of thiophene rings is 1. The van der Waals surface area contributed by atoms with Crippen molar-refractivity contribution in [3.63, 3.8) is 0 Å². The van der Waals surface area contributed by atoms with Gasteiger partial charge < -0.3 is 4.90 Å². The van der Waals surface area contributed by atoms with Crippen LogP contribution < -0.4 is 0 Å². The van der Waals surface area contributed by atoms with Gasteiger partial charge >= 0.3 is 0 Å². The van der Waals surface area contributed by atoms with Crippen molar-refractivity contribution >= 4 is 34.6 Å². The van der Waals surface area contributed by atoms with Gasteiger partial charge in [-0.25, -0.2) is 9.07 Å². The van der Waals surface area contributed by atoms with E-state index in [0.717, 1.165) is 24.5 Å². The topological polar surface area (TPSA) is 63.4 Å². The van der Waals surface area contributed by atoms with Crippen LogP contribution in [0.4, 0.5) is 4.39 Å². The minimum Gasteiger partial charge on any atom is -0.358 e. The SMILES string of the molecule is CN1CCN=C1c1ccc(-n2cc(CCC(=O)c3ccc(Cl)s3)nn2)c(F)c1. The zero-order valence-electron chi connectivity index (χ0n) is 15.1. The molecule has 0 amide bonds. The fourth-order valence-corrected chi connectivity index (χ4v) is 4.05. The van der Waals surface area contributed by atoms with E-state index in [2.05, 4.69) is 15.3 Å². The van der Waals surface area contributed by atoms with Gasteiger partial charge in [0.15, 0.2) is 5.78 Å². The van der Waals surface area contributed by atoms with Crippen LogP contribution in [0.3, 0.4) is 0 Å². The minimum atomic E-state index is -0.402. The van der Waals surface area contributed by atoms with Crippen molar-refractivity contribution in [2.45, 2.75) is 12.8 Å². The van der Waals surface area contributed by atoms with E-state index in [4.69, 9.17) is 11.6 Å². The predicted molar refractivity (Wildman–Crippen MR) is 107 cm³/mol. The Morgan fingerprint density at radius 3 is 2.86 bits per heavy atom. The van der Waals surface area contributed by atoms with Gasteiger partial charge in [-0.3, -0.25) is 9.79 Å². The van der Waals surface area contributed by atoms with Gasteiger partial charge in [0.1, 0.15) is 17.3 Å². The largest absolute Gasteiger partial charge is 0.358 e. The lowest BCUT2D eigenvalue weighted by molar-refractivity contribution is 0.0986. The molecule has 0 spiro atoms. The molecule has 3 heterocycles. The van der Waals surface area contributed by atoms with E-state index in [0.29, 0.717) is 33.4 Å². The molecule has 0 radical (unpaired) electrons. The first-order valence-electron chi connectivity index (χ1n) is 8.77. The van der Waals surface area contributed by atoms with Crippen molar-refractivity contribution in [3.8, 4) is 5.69 Å². The zero-order valence-corrected chi connectivity index (χ0v) is 16.7. The van der Waals surface area contributed by atoms with Crippen LogP contribution in [0.1, 0.15) is 27.3 Å². The van der Waals surface area contributed by atoms with Crippen molar-refractivity contribution in [1.82, 2.24) is 19.9 Å². The molecule has 6 nitrogen and oxygen atoms in total. The Kier molecular flexibility index (Phi) is 5.23. The number of aryl methyl sites for hydroxylation is 1. The van der Waals surface area contributed by atoms with Gasteiger partial charge in [-0.1, -0.05) is 16.8 Å². The maximum Gasteiger partial charge on any atom is 0.173 e. The van der Waals surface area contributed by atoms with Crippen LogP contribution in [-0.2, 0) is 6.42 Å². The third-order valence-electron chi connectivity index (χ3n) is 4.51. The average Bonchev–Trinajstić information content (AvgIpc) is 3.41. The van der Waals surface area contributed by atoms with E-state index in [1.807, 2.05) is 18.0 Å². The predicted octanol–water partition coefficient (Wildman–Crippen LogP) is 3.63. The lowest BCUT2D eigenvalue weighted by atomic mass is 10.1. The summed E-state index contributed by atoms with van der Waals surface area (Å²) < 4.78 is 16.6. The molecule has 2 aromatic heterocycles. The fourth-order valence-electron chi connectivity index (χ4n) is 3.04. The minimum absolute atomic E-state index is 0.00319. The molecule has 0 N–H and O–H groups in total. The highest BCUT2D eigenvalue weighted by atomic mass is 35.5. The number of hydrogen-bond donors (Lipinski definition) is 0. The highest BCUT2D eigenvalue weighted by Crippen LogP contribution is 2.23. The number of rotatable bonds is 6. The van der Waals surface area contributed by atoms with Crippen molar-refractivity contribution in [3.05, 3.63) is 62.8 Å². The van der Waals surface area contributed by atoms with Gasteiger partial charge in [0.2, 0.25) is 0 Å². The number of likely N-dealkylation sites (N-methyl/N-ethyl adjacent to an activating group) is 1. The Morgan fingerprint density at radius 2 is 2.18 bits per heavy atom. The van der Waals surface area contributed by atoms with Gasteiger partial charge in [-0.2, -0.15) is 0 Å². The first kappa shape index (κ1) is 18.8. The van der Waals surface area contributed by atoms with Crippen LogP contribution in [0.5, 0.6) is 0 Å². The summed E-state index contributed by atoms with van der Waals surface area (Å²) in [4.78, 5) is 19.2. The van der Waals surface area contributed by atoms with Crippen LogP contribution in [0.15, 0.2) is 41.5 Å². The molecule has 144 valence electrons. The smallest absolute Gasteiger partial charge is 0.173 e. The normalized spacial score (nSPS) is 13.8. The van der Waals surface area contributed by atoms with Crippen LogP contribution in [0, 0.1) is 5.82 Å². The number of benzene rings is 1. The Balaban J connectivity index is 1.46. The van der Waals surface area contributed by atoms with E-state index < -0.39 is 5.82 Å². The summed E-state index contributed by atoms with van der Waals surface area (Å²) in [5.41, 5.74) is 1.67. The second-order valence-corrected chi connectivity index (χ2v) is 8.19. The lowest BCUT2D eigenvalue weighted by Crippen LogP contribution is -2.23. The number of halogens is 2. The molecule has 9 heteroatoms. The standard InChI is InChI=1S/C19H17ClFN5OS/c1-25-9-8-22-19(25)12-2-4-15(14(21)10-12)26-11-13(23-24-26)3-5-16(27)17-6-7-18(20)28-17/h2,4,6-7,10-11H,3,5,8-9H2,1H3. The molecule has 1 aromatic carbocycles. The first-order chi connectivity index (χ1) is 13.5. The van der Waals surface area contributed by atoms with Gasteiger partial charge in [-0.05, 0) is 30.3 Å². The quantitative estimate of drug-likeness (QED) is 0.574. The second kappa shape index (κ2) is 7.81. The number of Topliss-reactive ketones (excluding diaryl/α,β-unsaturated/α-hetero) is 1. The van der Waals surface area contributed by atoms with E-state index >= 15 is 0 Å². The number of carbonyl (C=O) groups excluding carboxylic acids is 1. The van der Waals surface area contributed by atoms with E-state index in [1.165, 1.54) is 22.1 Å². The third-order valence-corrected chi connectivity index (χ3v) is 5.78. The summed E-state index contributed by atoms with van der Waals surface area (Å²) in [6.07, 6.45) is 2.37. The molecule has 0 unspecified atom stereocenters. The molecule has 0 saturated heterocycles. The number of amidine groups is 1. The molecular formula is C19H17ClFN5OS. The lowest BCUT2D eigenvalue weighted by Gasteiger charge is -2.14. The molecule has 1 aliphatic rings. The summed E-state index contributed by atoms with van der Waals surface area (Å²) in [6.45, 7) is 1.56. The monoisotopic (exact) mass is 417 g/mol. The van der Waals surface area contributed by atoms with Crippen molar-refractivity contribution in [2.24, 2.45) is 4.99 Å². The zero-order chi connectivity index (χ0) is 19.7. The molecule has 0 atom stereocenters. The van der Waals surface area contributed by atoms with Crippen LogP contribution in [-0.4, -0.2) is 51.6 Å². The molecule has 3 aromatic rings. The highest BCUT2D eigenvalue weighted by molar-refractivity contribution is 7.18. The van der Waals surface area contributed by atoms with E-state index in [-0.39, 0.29) is 5.78 Å². The van der Waals surface area contributed by atoms with Crippen LogP contribution >= 0.6 is 22.9 Å². The van der Waals surface area contributed by atoms with Crippen LogP contribution in [0.25, 0.3) is 5.69 Å². The fraction of sp³-hybridized carbons (Fsp3) is 0.263. The summed E-state index contributed by atoms with van der Waals surface area (Å²) in [5.74, 6) is 0.390. The molecule has 4 rings (SSSR count). The van der Waals surface area contributed by atoms with Crippen molar-refractivity contribution in [1.29, 1.82) is 0 Å². The third kappa shape index (κ3) is 3.83. The Hall–Kier alpha value is -2.58. The summed E-state index contributed by atoms with van der Waals surface area (Å²) >= 11 is 7.12. The molecule has 0 bridgehead atoms. The molecule has 0 saturated carbocycles. The summed E-state index contributed by atoms with van der Waals surface area (Å²) in [6, 6.07) is 8.37. The van der Waals surface area contributed by atoms with Gasteiger partial charge in [0.25, 0.3) is 0 Å². The summed E-state index contributed by atoms with van der Waals surface area (Å²) in [5, 5.41) is 8.06. The van der Waals surface area contributed by atoms with Gasteiger partial charge in [0, 0.05) is 32.0 Å². The average molecular weight is 418 g/mol. The number of hydrogen-bond acceptors (Lipinski definition) is 6. The molecule has 0 fully saturated rings. The highest BCUT2D eigenvalue weighted by Gasteiger charge is 2.17. The van der Waals surface area contributed by atoms with Crippen LogP contribution in [0.2, 0.25) is 4.34 Å². The Labute approximate surface area is 170 Å². The number of nitrogens with zero attached hydrogens (tertiary/aromatic N) is 5. The number of ketones is 1. The second-order valence-electron chi connectivity index (χ2n) is 6.47. The molecule has 1 aliphatic heterocycles. The van der Waals surface area contributed by atoms with Gasteiger partial charge in [0.05, 0.1) is 27.6 Å². The van der Waals surface area contributed by atoms with Gasteiger partial charge in [-0.15, -0.1) is 16.4 Å². The van der Waals surface area contributed by atoms with Crippen molar-refractivity contribution in [2.75, 3.05) is 20.1 Å². The number of carbonyl (C=O) groups is 1. The number of aromatic nitrogens is 3. The molecule has 28 heavy (non-hydrogen) atoms. The molecule has 0 aliphatic carbocycles. The maximum absolute atomic E-state index is 14.6. The number of aliphatic imine (C=N–C) groups is 1. The Bertz CT molecular complexity index is 1060. The maximum atomic E-state index is 14.6. The van der Waals surface area contributed by atoms with E-state index in [9.17, 15) is 9.18 Å². The molecular weight excluding hydrogens is 401 g/mol. The summed E-state index contributed by atoms with van der Waals surface area (Å²) in [7, 11) is 1.94. The first-order valence-corrected chi connectivity index (χ1v) is 9.96. The Morgan fingerprint density at radius 1 is 1.32 bits per heavy atom.